The van der Waals surface area contributed by atoms with Gasteiger partial charge in [0.15, 0.2) is 0 Å². The topological polar surface area (TPSA) is 83.5 Å². The van der Waals surface area contributed by atoms with Crippen molar-refractivity contribution in [3.8, 4) is 11.3 Å². The van der Waals surface area contributed by atoms with Crippen LogP contribution in [0.15, 0.2) is 65.5 Å². The summed E-state index contributed by atoms with van der Waals surface area (Å²) in [6.45, 7) is 0. The van der Waals surface area contributed by atoms with Crippen LogP contribution in [0.3, 0.4) is 0 Å². The molecule has 3 aromatic heterocycles. The lowest BCUT2D eigenvalue weighted by Crippen LogP contribution is -2.05. The normalized spacial score (nSPS) is 12.4. The van der Waals surface area contributed by atoms with E-state index in [1.807, 2.05) is 13.2 Å². The standard InChI is InChI=1S/C24H20BrN7/c1-32-9-8-15-11-17(5-7-21(15)32)28-23-20(25)13-26-24(30-23)29-18-4-6-19-14(10-18)2-3-16-12-27-31-22(16)19/h4-13H,2-3H2,1H3,(H,27,31)(H2,26,28,29,30). The number of hydrogen-bond donors (Lipinski definition) is 3. The monoisotopic (exact) mass is 485 g/mol. The van der Waals surface area contributed by atoms with Crippen LogP contribution in [0.4, 0.5) is 23.1 Å². The van der Waals surface area contributed by atoms with Gasteiger partial charge in [0.2, 0.25) is 5.95 Å². The molecule has 0 bridgehead atoms. The van der Waals surface area contributed by atoms with Crippen molar-refractivity contribution in [1.29, 1.82) is 0 Å². The van der Waals surface area contributed by atoms with Crippen molar-refractivity contribution in [2.75, 3.05) is 10.6 Å². The maximum absolute atomic E-state index is 4.69. The SMILES string of the molecule is Cn1ccc2cc(Nc3nc(Nc4ccc5c(c4)CCc4cn[nH]c4-5)ncc3Br)ccc21. The van der Waals surface area contributed by atoms with Crippen LogP contribution in [-0.4, -0.2) is 24.7 Å². The van der Waals surface area contributed by atoms with E-state index < -0.39 is 0 Å². The van der Waals surface area contributed by atoms with E-state index >= 15 is 0 Å². The van der Waals surface area contributed by atoms with Crippen molar-refractivity contribution in [2.45, 2.75) is 12.8 Å². The average Bonchev–Trinajstić information content (AvgIpc) is 3.43. The number of nitrogens with zero attached hydrogens (tertiary/aromatic N) is 4. The van der Waals surface area contributed by atoms with Crippen LogP contribution >= 0.6 is 15.9 Å². The molecule has 0 atom stereocenters. The van der Waals surface area contributed by atoms with Gasteiger partial charge in [-0.2, -0.15) is 10.1 Å². The van der Waals surface area contributed by atoms with Gasteiger partial charge in [0, 0.05) is 47.3 Å². The first-order chi connectivity index (χ1) is 15.6. The molecule has 0 amide bonds. The van der Waals surface area contributed by atoms with Gasteiger partial charge in [-0.05, 0) is 76.3 Å². The molecule has 32 heavy (non-hydrogen) atoms. The van der Waals surface area contributed by atoms with Crippen molar-refractivity contribution in [1.82, 2.24) is 24.7 Å². The molecule has 2 aromatic carbocycles. The molecule has 0 spiro atoms. The molecule has 0 unspecified atom stereocenters. The summed E-state index contributed by atoms with van der Waals surface area (Å²) in [6.07, 6.45) is 7.73. The molecule has 158 valence electrons. The largest absolute Gasteiger partial charge is 0.351 e. The Morgan fingerprint density at radius 1 is 0.969 bits per heavy atom. The van der Waals surface area contributed by atoms with Gasteiger partial charge in [-0.1, -0.05) is 6.07 Å². The molecule has 7 nitrogen and oxygen atoms in total. The van der Waals surface area contributed by atoms with Crippen molar-refractivity contribution in [3.63, 3.8) is 0 Å². The summed E-state index contributed by atoms with van der Waals surface area (Å²) in [4.78, 5) is 9.13. The van der Waals surface area contributed by atoms with E-state index in [9.17, 15) is 0 Å². The van der Waals surface area contributed by atoms with Crippen LogP contribution in [0.25, 0.3) is 22.2 Å². The lowest BCUT2D eigenvalue weighted by atomic mass is 9.90. The molecule has 0 aliphatic heterocycles. The first kappa shape index (κ1) is 19.1. The molecule has 3 N–H and O–H groups in total. The predicted octanol–water partition coefficient (Wildman–Crippen LogP) is 5.71. The molecular formula is C24H20BrN7. The van der Waals surface area contributed by atoms with Crippen LogP contribution < -0.4 is 10.6 Å². The van der Waals surface area contributed by atoms with Gasteiger partial charge in [-0.15, -0.1) is 0 Å². The number of halogens is 1. The number of anilines is 4. The third-order valence-electron chi connectivity index (χ3n) is 5.90. The number of nitrogens with one attached hydrogen (secondary N) is 3. The van der Waals surface area contributed by atoms with Crippen molar-refractivity contribution in [3.05, 3.63) is 76.7 Å². The van der Waals surface area contributed by atoms with Crippen molar-refractivity contribution >= 4 is 50.0 Å². The quantitative estimate of drug-likeness (QED) is 0.303. The summed E-state index contributed by atoms with van der Waals surface area (Å²) in [7, 11) is 2.04. The lowest BCUT2D eigenvalue weighted by molar-refractivity contribution is 0.942. The Balaban J connectivity index is 1.26. The highest BCUT2D eigenvalue weighted by Gasteiger charge is 2.18. The van der Waals surface area contributed by atoms with Crippen LogP contribution in [0.1, 0.15) is 11.1 Å². The van der Waals surface area contributed by atoms with E-state index in [0.29, 0.717) is 11.8 Å². The fourth-order valence-corrected chi connectivity index (χ4v) is 4.56. The molecular weight excluding hydrogens is 466 g/mol. The smallest absolute Gasteiger partial charge is 0.229 e. The van der Waals surface area contributed by atoms with E-state index in [1.54, 1.807) is 6.20 Å². The fourth-order valence-electron chi connectivity index (χ4n) is 4.27. The van der Waals surface area contributed by atoms with Crippen LogP contribution in [0.2, 0.25) is 0 Å². The zero-order valence-corrected chi connectivity index (χ0v) is 18.9. The Morgan fingerprint density at radius 2 is 1.81 bits per heavy atom. The lowest BCUT2D eigenvalue weighted by Gasteiger charge is -2.17. The number of aryl methyl sites for hydroxylation is 3. The average molecular weight is 486 g/mol. The van der Waals surface area contributed by atoms with Crippen LogP contribution in [-0.2, 0) is 19.9 Å². The van der Waals surface area contributed by atoms with Crippen LogP contribution in [0.5, 0.6) is 0 Å². The zero-order chi connectivity index (χ0) is 21.7. The van der Waals surface area contributed by atoms with E-state index in [-0.39, 0.29) is 0 Å². The zero-order valence-electron chi connectivity index (χ0n) is 17.4. The molecule has 5 aromatic rings. The van der Waals surface area contributed by atoms with Gasteiger partial charge in [0.1, 0.15) is 5.82 Å². The van der Waals surface area contributed by atoms with Gasteiger partial charge in [0.05, 0.1) is 16.4 Å². The number of fused-ring (bicyclic) bond motifs is 4. The van der Waals surface area contributed by atoms with E-state index in [1.165, 1.54) is 27.6 Å². The van der Waals surface area contributed by atoms with Gasteiger partial charge in [-0.25, -0.2) is 4.98 Å². The van der Waals surface area contributed by atoms with Gasteiger partial charge >= 0.3 is 0 Å². The Kier molecular flexibility index (Phi) is 4.46. The summed E-state index contributed by atoms with van der Waals surface area (Å²) in [5.74, 6) is 1.24. The third-order valence-corrected chi connectivity index (χ3v) is 6.48. The fraction of sp³-hybridized carbons (Fsp3) is 0.125. The number of H-pyrrole nitrogens is 1. The number of hydrogen-bond acceptors (Lipinski definition) is 5. The maximum Gasteiger partial charge on any atom is 0.229 e. The Bertz CT molecular complexity index is 1470. The molecule has 1 aliphatic carbocycles. The maximum atomic E-state index is 4.69. The van der Waals surface area contributed by atoms with Crippen molar-refractivity contribution < 1.29 is 0 Å². The van der Waals surface area contributed by atoms with Gasteiger partial charge in [0.25, 0.3) is 0 Å². The highest BCUT2D eigenvalue weighted by atomic mass is 79.9. The minimum atomic E-state index is 0.537. The summed E-state index contributed by atoms with van der Waals surface area (Å²) in [6, 6.07) is 14.7. The van der Waals surface area contributed by atoms with Gasteiger partial charge < -0.3 is 15.2 Å². The second-order valence-corrected chi connectivity index (χ2v) is 8.84. The molecule has 0 saturated carbocycles. The first-order valence-electron chi connectivity index (χ1n) is 10.4. The Morgan fingerprint density at radius 3 is 2.75 bits per heavy atom. The van der Waals surface area contributed by atoms with E-state index in [2.05, 4.69) is 100.0 Å². The van der Waals surface area contributed by atoms with E-state index in [0.717, 1.165) is 34.4 Å². The summed E-state index contributed by atoms with van der Waals surface area (Å²) >= 11 is 3.56. The van der Waals surface area contributed by atoms with E-state index in [4.69, 9.17) is 0 Å². The first-order valence-corrected chi connectivity index (χ1v) is 11.2. The highest BCUT2D eigenvalue weighted by Crippen LogP contribution is 2.34. The number of rotatable bonds is 4. The molecule has 0 radical (unpaired) electrons. The van der Waals surface area contributed by atoms with Crippen LogP contribution in [0, 0.1) is 0 Å². The minimum absolute atomic E-state index is 0.537. The summed E-state index contributed by atoms with van der Waals surface area (Å²) in [5.41, 5.74) is 8.03. The second-order valence-electron chi connectivity index (χ2n) is 7.98. The summed E-state index contributed by atoms with van der Waals surface area (Å²) < 4.78 is 2.90. The molecule has 0 saturated heterocycles. The second kappa shape index (κ2) is 7.49. The predicted molar refractivity (Wildman–Crippen MR) is 131 cm³/mol. The summed E-state index contributed by atoms with van der Waals surface area (Å²) in [5, 5.41) is 15.2. The van der Waals surface area contributed by atoms with Crippen molar-refractivity contribution in [2.24, 2.45) is 7.05 Å². The van der Waals surface area contributed by atoms with Gasteiger partial charge in [-0.3, -0.25) is 5.10 Å². The molecule has 6 rings (SSSR count). The highest BCUT2D eigenvalue weighted by molar-refractivity contribution is 9.10. The molecule has 0 fully saturated rings. The molecule has 8 heteroatoms. The molecule has 3 heterocycles. The molecule has 1 aliphatic rings. The number of aromatic nitrogens is 5. The number of benzene rings is 2. The third kappa shape index (κ3) is 3.33. The Hall–Kier alpha value is -3.65. The Labute approximate surface area is 193 Å². The number of aromatic amines is 1. The minimum Gasteiger partial charge on any atom is -0.351 e.